The predicted molar refractivity (Wildman–Crippen MR) is 97.2 cm³/mol. The third-order valence-corrected chi connectivity index (χ3v) is 4.05. The second kappa shape index (κ2) is 12.2. The molecule has 0 heterocycles. The van der Waals surface area contributed by atoms with E-state index in [0.29, 0.717) is 0 Å². The van der Waals surface area contributed by atoms with Crippen LogP contribution in [0.5, 0.6) is 0 Å². The van der Waals surface area contributed by atoms with E-state index in [1.54, 1.807) is 20.8 Å². The maximum Gasteiger partial charge on any atom is 0.407 e. The highest BCUT2D eigenvalue weighted by Crippen LogP contribution is 2.18. The van der Waals surface area contributed by atoms with Gasteiger partial charge in [0, 0.05) is 6.04 Å². The van der Waals surface area contributed by atoms with Gasteiger partial charge in [-0.2, -0.15) is 0 Å². The maximum atomic E-state index is 11.9. The topological polar surface area (TPSA) is 75.6 Å². The third kappa shape index (κ3) is 13.2. The normalized spacial score (nSPS) is 14.0. The molecule has 0 rings (SSSR count). The number of aliphatic carboxylic acids is 1. The fourth-order valence-electron chi connectivity index (χ4n) is 2.67. The van der Waals surface area contributed by atoms with Crippen LogP contribution in [-0.4, -0.2) is 28.8 Å². The Balaban J connectivity index is 4.23. The number of amides is 1. The minimum Gasteiger partial charge on any atom is -0.481 e. The van der Waals surface area contributed by atoms with Crippen molar-refractivity contribution in [2.45, 2.75) is 104 Å². The van der Waals surface area contributed by atoms with Gasteiger partial charge in [-0.15, -0.1) is 0 Å². The summed E-state index contributed by atoms with van der Waals surface area (Å²) in [6.07, 6.45) is 8.90. The molecule has 1 amide bonds. The lowest BCUT2D eigenvalue weighted by molar-refractivity contribution is -0.137. The number of hydrogen-bond donors (Lipinski definition) is 2. The minimum atomic E-state index is -0.900. The molecule has 5 nitrogen and oxygen atoms in total. The van der Waals surface area contributed by atoms with Gasteiger partial charge in [0.15, 0.2) is 0 Å². The van der Waals surface area contributed by atoms with E-state index in [4.69, 9.17) is 9.84 Å². The molecular weight excluding hydrogens is 306 g/mol. The van der Waals surface area contributed by atoms with E-state index in [1.165, 1.54) is 38.5 Å². The van der Waals surface area contributed by atoms with Gasteiger partial charge < -0.3 is 15.2 Å². The number of hydrogen-bond acceptors (Lipinski definition) is 3. The molecule has 0 aromatic carbocycles. The number of alkyl carbamates (subject to hydrolysis) is 1. The Labute approximate surface area is 147 Å². The molecule has 0 saturated carbocycles. The summed E-state index contributed by atoms with van der Waals surface area (Å²) in [6.45, 7) is 9.59. The van der Waals surface area contributed by atoms with Crippen LogP contribution in [0, 0.1) is 5.92 Å². The fraction of sp³-hybridized carbons (Fsp3) is 0.895. The van der Waals surface area contributed by atoms with Gasteiger partial charge >= 0.3 is 12.1 Å². The molecule has 0 saturated heterocycles. The number of carbonyl (C=O) groups is 2. The van der Waals surface area contributed by atoms with E-state index >= 15 is 0 Å². The second-order valence-electron chi connectivity index (χ2n) is 7.74. The lowest BCUT2D eigenvalue weighted by Crippen LogP contribution is -2.43. The zero-order valence-corrected chi connectivity index (χ0v) is 16.2. The van der Waals surface area contributed by atoms with Crippen molar-refractivity contribution >= 4 is 12.1 Å². The lowest BCUT2D eigenvalue weighted by Gasteiger charge is -2.26. The SMILES string of the molecule is CCCCCCCCC[C@H](C)[C@@H](CC(=O)O)NC(=O)OC(C)(C)C. The fourth-order valence-corrected chi connectivity index (χ4v) is 2.67. The van der Waals surface area contributed by atoms with Gasteiger partial charge in [-0.1, -0.05) is 58.8 Å². The first kappa shape index (κ1) is 22.7. The van der Waals surface area contributed by atoms with E-state index in [9.17, 15) is 9.59 Å². The highest BCUT2D eigenvalue weighted by molar-refractivity contribution is 5.71. The van der Waals surface area contributed by atoms with E-state index in [2.05, 4.69) is 12.2 Å². The Morgan fingerprint density at radius 3 is 2.08 bits per heavy atom. The molecule has 0 spiro atoms. The van der Waals surface area contributed by atoms with Crippen LogP contribution in [0.1, 0.15) is 92.4 Å². The molecule has 5 heteroatoms. The molecule has 0 aliphatic heterocycles. The molecule has 0 bridgehead atoms. The lowest BCUT2D eigenvalue weighted by atomic mass is 9.92. The smallest absolute Gasteiger partial charge is 0.407 e. The first-order valence-corrected chi connectivity index (χ1v) is 9.37. The minimum absolute atomic E-state index is 0.0725. The quantitative estimate of drug-likeness (QED) is 0.482. The van der Waals surface area contributed by atoms with Gasteiger partial charge in [-0.25, -0.2) is 4.79 Å². The summed E-state index contributed by atoms with van der Waals surface area (Å²) in [4.78, 5) is 23.0. The summed E-state index contributed by atoms with van der Waals surface area (Å²) in [5.74, 6) is -0.785. The molecule has 0 aliphatic rings. The van der Waals surface area contributed by atoms with Crippen LogP contribution in [0.4, 0.5) is 4.79 Å². The zero-order valence-electron chi connectivity index (χ0n) is 16.2. The number of unbranched alkanes of at least 4 members (excludes halogenated alkanes) is 6. The van der Waals surface area contributed by atoms with Gasteiger partial charge in [0.1, 0.15) is 5.60 Å². The Bertz CT molecular complexity index is 363. The Kier molecular flexibility index (Phi) is 11.5. The summed E-state index contributed by atoms with van der Waals surface area (Å²) < 4.78 is 5.24. The number of carboxylic acid groups (broad SMARTS) is 1. The monoisotopic (exact) mass is 343 g/mol. The van der Waals surface area contributed by atoms with Gasteiger partial charge in [0.2, 0.25) is 0 Å². The highest BCUT2D eigenvalue weighted by Gasteiger charge is 2.25. The average Bonchev–Trinajstić information content (AvgIpc) is 2.42. The number of nitrogens with one attached hydrogen (secondary N) is 1. The summed E-state index contributed by atoms with van der Waals surface area (Å²) in [5, 5.41) is 11.8. The average molecular weight is 344 g/mol. The van der Waals surface area contributed by atoms with Crippen LogP contribution in [0.15, 0.2) is 0 Å². The standard InChI is InChI=1S/C19H37NO4/c1-6-7-8-9-10-11-12-13-15(2)16(14-17(21)22)20-18(23)24-19(3,4)5/h15-16H,6-14H2,1-5H3,(H,20,23)(H,21,22)/t15-,16+/m0/s1. The molecule has 2 N–H and O–H groups in total. The number of carbonyl (C=O) groups excluding carboxylic acids is 1. The largest absolute Gasteiger partial charge is 0.481 e. The van der Waals surface area contributed by atoms with Crippen LogP contribution in [0.3, 0.4) is 0 Å². The van der Waals surface area contributed by atoms with Crippen molar-refractivity contribution < 1.29 is 19.4 Å². The molecule has 0 aromatic rings. The van der Waals surface area contributed by atoms with E-state index in [-0.39, 0.29) is 12.3 Å². The molecular formula is C19H37NO4. The summed E-state index contributed by atoms with van der Waals surface area (Å²) in [6, 6.07) is -0.391. The van der Waals surface area contributed by atoms with Gasteiger partial charge in [0.25, 0.3) is 0 Å². The molecule has 0 unspecified atom stereocenters. The Morgan fingerprint density at radius 2 is 1.58 bits per heavy atom. The van der Waals surface area contributed by atoms with E-state index in [1.807, 2.05) is 6.92 Å². The number of ether oxygens (including phenoxy) is 1. The van der Waals surface area contributed by atoms with Crippen molar-refractivity contribution in [2.75, 3.05) is 0 Å². The van der Waals surface area contributed by atoms with Crippen molar-refractivity contribution in [3.63, 3.8) is 0 Å². The van der Waals surface area contributed by atoms with E-state index in [0.717, 1.165) is 12.8 Å². The zero-order chi connectivity index (χ0) is 18.6. The van der Waals surface area contributed by atoms with Gasteiger partial charge in [0.05, 0.1) is 6.42 Å². The predicted octanol–water partition coefficient (Wildman–Crippen LogP) is 5.13. The number of rotatable bonds is 12. The molecule has 0 fully saturated rings. The molecule has 0 aromatic heterocycles. The Hall–Kier alpha value is -1.26. The van der Waals surface area contributed by atoms with Crippen LogP contribution in [0.25, 0.3) is 0 Å². The summed E-state index contributed by atoms with van der Waals surface area (Å²) in [5.41, 5.74) is -0.584. The highest BCUT2D eigenvalue weighted by atomic mass is 16.6. The molecule has 2 atom stereocenters. The van der Waals surface area contributed by atoms with Crippen LogP contribution in [-0.2, 0) is 9.53 Å². The number of carboxylic acids is 1. The van der Waals surface area contributed by atoms with Crippen molar-refractivity contribution in [2.24, 2.45) is 5.92 Å². The molecule has 0 radical (unpaired) electrons. The van der Waals surface area contributed by atoms with Gasteiger partial charge in [-0.05, 0) is 33.1 Å². The maximum absolute atomic E-state index is 11.9. The van der Waals surface area contributed by atoms with Crippen molar-refractivity contribution in [3.8, 4) is 0 Å². The molecule has 142 valence electrons. The van der Waals surface area contributed by atoms with Crippen molar-refractivity contribution in [1.82, 2.24) is 5.32 Å². The molecule has 24 heavy (non-hydrogen) atoms. The summed E-state index contributed by atoms with van der Waals surface area (Å²) in [7, 11) is 0. The van der Waals surface area contributed by atoms with Crippen LogP contribution >= 0.6 is 0 Å². The first-order valence-electron chi connectivity index (χ1n) is 9.37. The third-order valence-electron chi connectivity index (χ3n) is 4.05. The van der Waals surface area contributed by atoms with Crippen molar-refractivity contribution in [1.29, 1.82) is 0 Å². The van der Waals surface area contributed by atoms with E-state index < -0.39 is 23.7 Å². The van der Waals surface area contributed by atoms with Crippen LogP contribution in [0.2, 0.25) is 0 Å². The van der Waals surface area contributed by atoms with Gasteiger partial charge in [-0.3, -0.25) is 4.79 Å². The summed E-state index contributed by atoms with van der Waals surface area (Å²) >= 11 is 0. The first-order chi connectivity index (χ1) is 11.2. The van der Waals surface area contributed by atoms with Crippen molar-refractivity contribution in [3.05, 3.63) is 0 Å². The van der Waals surface area contributed by atoms with Crippen LogP contribution < -0.4 is 5.32 Å². The molecule has 0 aliphatic carbocycles. The second-order valence-corrected chi connectivity index (χ2v) is 7.74. The Morgan fingerprint density at radius 1 is 1.04 bits per heavy atom.